The van der Waals surface area contributed by atoms with Gasteiger partial charge in [0.25, 0.3) is 0 Å². The van der Waals surface area contributed by atoms with Crippen molar-refractivity contribution < 1.29 is 19.7 Å². The van der Waals surface area contributed by atoms with Gasteiger partial charge in [0.15, 0.2) is 0 Å². The first-order valence-corrected chi connectivity index (χ1v) is 8.97. The van der Waals surface area contributed by atoms with Gasteiger partial charge in [-0.1, -0.05) is 0 Å². The number of nitrogens with zero attached hydrogens (tertiary/aromatic N) is 3. The van der Waals surface area contributed by atoms with Gasteiger partial charge < -0.3 is 24.7 Å². The Morgan fingerprint density at radius 2 is 1.96 bits per heavy atom. The van der Waals surface area contributed by atoms with Crippen LogP contribution < -0.4 is 4.74 Å². The van der Waals surface area contributed by atoms with Gasteiger partial charge in [-0.25, -0.2) is 4.79 Å². The van der Waals surface area contributed by atoms with Crippen LogP contribution in [0, 0.1) is 23.2 Å². The van der Waals surface area contributed by atoms with E-state index in [-0.39, 0.29) is 6.61 Å². The van der Waals surface area contributed by atoms with Gasteiger partial charge in [0.2, 0.25) is 0 Å². The highest BCUT2D eigenvalue weighted by atomic mass is 16.5. The molecule has 3 atom stereocenters. The van der Waals surface area contributed by atoms with Crippen LogP contribution in [0.15, 0.2) is 24.3 Å². The fraction of sp³-hybridized carbons (Fsp3) is 0.579. The number of carboxylic acid groups (broad SMARTS) is 1. The molecule has 1 amide bonds. The van der Waals surface area contributed by atoms with E-state index in [0.29, 0.717) is 48.8 Å². The zero-order valence-corrected chi connectivity index (χ0v) is 14.9. The lowest BCUT2D eigenvalue weighted by atomic mass is 9.91. The molecule has 2 aliphatic rings. The molecule has 2 bridgehead atoms. The molecule has 7 nitrogen and oxygen atoms in total. The van der Waals surface area contributed by atoms with E-state index in [1.165, 1.54) is 4.90 Å². The molecule has 1 aromatic rings. The van der Waals surface area contributed by atoms with Crippen LogP contribution in [0.3, 0.4) is 0 Å². The van der Waals surface area contributed by atoms with Crippen molar-refractivity contribution in [2.75, 3.05) is 33.3 Å². The van der Waals surface area contributed by atoms with E-state index >= 15 is 0 Å². The Hall–Kier alpha value is -2.30. The number of benzene rings is 1. The predicted octanol–water partition coefficient (Wildman–Crippen LogP) is 1.62. The van der Waals surface area contributed by atoms with Gasteiger partial charge >= 0.3 is 6.09 Å². The summed E-state index contributed by atoms with van der Waals surface area (Å²) in [6.07, 6.45) is 0.620. The van der Waals surface area contributed by atoms with Gasteiger partial charge in [-0.2, -0.15) is 5.26 Å². The number of likely N-dealkylation sites (tertiary alicyclic amines) is 1. The second-order valence-electron chi connectivity index (χ2n) is 7.32. The molecule has 0 spiro atoms. The smallest absolute Gasteiger partial charge is 0.407 e. The molecule has 0 radical (unpaired) electrons. The minimum absolute atomic E-state index is 0.180. The fourth-order valence-corrected chi connectivity index (χ4v) is 4.39. The lowest BCUT2D eigenvalue weighted by Gasteiger charge is -2.41. The van der Waals surface area contributed by atoms with Gasteiger partial charge in [-0.15, -0.1) is 0 Å². The average Bonchev–Trinajstić information content (AvgIpc) is 2.90. The summed E-state index contributed by atoms with van der Waals surface area (Å²) in [7, 11) is 2.00. The van der Waals surface area contributed by atoms with Crippen molar-refractivity contribution in [3.05, 3.63) is 29.8 Å². The van der Waals surface area contributed by atoms with Crippen LogP contribution in [0.2, 0.25) is 0 Å². The Morgan fingerprint density at radius 1 is 1.35 bits per heavy atom. The van der Waals surface area contributed by atoms with Gasteiger partial charge in [-0.3, -0.25) is 0 Å². The Balaban J connectivity index is 1.49. The van der Waals surface area contributed by atoms with E-state index < -0.39 is 12.2 Å². The van der Waals surface area contributed by atoms with Crippen LogP contribution in [0.4, 0.5) is 4.79 Å². The van der Waals surface area contributed by atoms with Crippen LogP contribution in [0.25, 0.3) is 0 Å². The number of likely N-dealkylation sites (N-methyl/N-ethyl adjacent to an activating group) is 1. The molecule has 140 valence electrons. The monoisotopic (exact) mass is 359 g/mol. The van der Waals surface area contributed by atoms with Crippen LogP contribution in [-0.2, 0) is 0 Å². The van der Waals surface area contributed by atoms with Crippen molar-refractivity contribution in [2.45, 2.75) is 25.0 Å². The number of hydrogen-bond acceptors (Lipinski definition) is 5. The zero-order valence-electron chi connectivity index (χ0n) is 14.9. The highest BCUT2D eigenvalue weighted by Crippen LogP contribution is 2.39. The highest BCUT2D eigenvalue weighted by Gasteiger charge is 2.45. The van der Waals surface area contributed by atoms with Gasteiger partial charge in [-0.05, 0) is 56.0 Å². The molecule has 1 aliphatic heterocycles. The van der Waals surface area contributed by atoms with Crippen molar-refractivity contribution in [2.24, 2.45) is 11.8 Å². The number of ether oxygens (including phenoxy) is 1. The maximum absolute atomic E-state index is 11.2. The molecule has 26 heavy (non-hydrogen) atoms. The number of amides is 1. The van der Waals surface area contributed by atoms with E-state index in [4.69, 9.17) is 10.00 Å². The number of fused-ring (bicyclic) bond motifs is 2. The molecule has 3 unspecified atom stereocenters. The zero-order chi connectivity index (χ0) is 18.7. The van der Waals surface area contributed by atoms with Crippen LogP contribution in [0.1, 0.15) is 18.4 Å². The molecule has 1 heterocycles. The molecular formula is C19H25N3O4. The van der Waals surface area contributed by atoms with Crippen molar-refractivity contribution in [3.63, 3.8) is 0 Å². The van der Waals surface area contributed by atoms with E-state index in [9.17, 15) is 15.0 Å². The number of hydrogen-bond donors (Lipinski definition) is 2. The molecule has 7 heteroatoms. The van der Waals surface area contributed by atoms with E-state index in [2.05, 4.69) is 11.0 Å². The Labute approximate surface area is 153 Å². The normalized spacial score (nSPS) is 25.8. The van der Waals surface area contributed by atoms with Crippen molar-refractivity contribution >= 4 is 6.09 Å². The summed E-state index contributed by atoms with van der Waals surface area (Å²) >= 11 is 0. The SMILES string of the molecule is CN(CC(O)COc1ccc(C#N)cc1)C1C2CCC1CN(C(=O)O)C2. The highest BCUT2D eigenvalue weighted by molar-refractivity contribution is 5.65. The van der Waals surface area contributed by atoms with Crippen LogP contribution >= 0.6 is 0 Å². The van der Waals surface area contributed by atoms with Crippen LogP contribution in [-0.4, -0.2) is 71.5 Å². The number of nitriles is 1. The summed E-state index contributed by atoms with van der Waals surface area (Å²) in [5, 5.41) is 28.3. The third-order valence-corrected chi connectivity index (χ3v) is 5.49. The van der Waals surface area contributed by atoms with Gasteiger partial charge in [0.05, 0.1) is 11.6 Å². The van der Waals surface area contributed by atoms with Gasteiger partial charge in [0.1, 0.15) is 18.5 Å². The maximum atomic E-state index is 11.2. The molecule has 1 aromatic carbocycles. The average molecular weight is 359 g/mol. The van der Waals surface area contributed by atoms with E-state index in [1.807, 2.05) is 7.05 Å². The summed E-state index contributed by atoms with van der Waals surface area (Å²) in [6.45, 7) is 1.83. The minimum atomic E-state index is -0.834. The van der Waals surface area contributed by atoms with E-state index in [1.54, 1.807) is 24.3 Å². The number of carbonyl (C=O) groups is 1. The Kier molecular flexibility index (Phi) is 5.64. The third kappa shape index (κ3) is 4.09. The summed E-state index contributed by atoms with van der Waals surface area (Å²) < 4.78 is 5.60. The first-order valence-electron chi connectivity index (χ1n) is 8.97. The van der Waals surface area contributed by atoms with Crippen LogP contribution in [0.5, 0.6) is 5.75 Å². The lowest BCUT2D eigenvalue weighted by molar-refractivity contribution is 0.0202. The second-order valence-corrected chi connectivity index (χ2v) is 7.32. The summed E-state index contributed by atoms with van der Waals surface area (Å²) in [6, 6.07) is 9.17. The van der Waals surface area contributed by atoms with Crippen molar-refractivity contribution in [1.29, 1.82) is 5.26 Å². The molecule has 2 N–H and O–H groups in total. The van der Waals surface area contributed by atoms with Gasteiger partial charge in [0, 0.05) is 25.7 Å². The molecule has 0 aromatic heterocycles. The molecule has 2 fully saturated rings. The topological polar surface area (TPSA) is 97.0 Å². The summed E-state index contributed by atoms with van der Waals surface area (Å²) in [5.41, 5.74) is 0.570. The fourth-order valence-electron chi connectivity index (χ4n) is 4.39. The first kappa shape index (κ1) is 18.5. The molecular weight excluding hydrogens is 334 g/mol. The number of aliphatic hydroxyl groups is 1. The van der Waals surface area contributed by atoms with Crippen molar-refractivity contribution in [3.8, 4) is 11.8 Å². The minimum Gasteiger partial charge on any atom is -0.491 e. The molecule has 1 aliphatic carbocycles. The Morgan fingerprint density at radius 3 is 2.50 bits per heavy atom. The maximum Gasteiger partial charge on any atom is 0.407 e. The number of piperidine rings is 1. The Bertz CT molecular complexity index is 658. The number of rotatable bonds is 6. The third-order valence-electron chi connectivity index (χ3n) is 5.49. The molecule has 1 saturated carbocycles. The standard InChI is InChI=1S/C19H25N3O4/c1-21(18-14-4-5-15(18)10-22(9-14)19(24)25)11-16(23)12-26-17-6-2-13(8-20)3-7-17/h2-3,6-7,14-16,18,23H,4-5,9-12H2,1H3,(H,24,25). The summed E-state index contributed by atoms with van der Waals surface area (Å²) in [5.74, 6) is 1.29. The molecule has 1 saturated heterocycles. The quantitative estimate of drug-likeness (QED) is 0.801. The predicted molar refractivity (Wildman–Crippen MR) is 94.9 cm³/mol. The van der Waals surface area contributed by atoms with E-state index in [0.717, 1.165) is 12.8 Å². The molecule has 3 rings (SSSR count). The summed E-state index contributed by atoms with van der Waals surface area (Å²) in [4.78, 5) is 14.9. The number of aliphatic hydroxyl groups excluding tert-OH is 1. The lowest BCUT2D eigenvalue weighted by Crippen LogP contribution is -2.54. The second kappa shape index (κ2) is 7.94. The largest absolute Gasteiger partial charge is 0.491 e. The van der Waals surface area contributed by atoms with Crippen molar-refractivity contribution in [1.82, 2.24) is 9.80 Å². The first-order chi connectivity index (χ1) is 12.5.